The smallest absolute Gasteiger partial charge is 0.405 e. The second-order valence-electron chi connectivity index (χ2n) is 4.80. The van der Waals surface area contributed by atoms with Crippen molar-refractivity contribution in [3.8, 4) is 0 Å². The molecule has 1 aromatic carbocycles. The van der Waals surface area contributed by atoms with Gasteiger partial charge in [0.2, 0.25) is 0 Å². The van der Waals surface area contributed by atoms with Crippen molar-refractivity contribution < 1.29 is 9.90 Å². The number of nitrogens with one attached hydrogen (secondary N) is 2. The van der Waals surface area contributed by atoms with E-state index < -0.39 is 6.09 Å². The molecule has 0 unspecified atom stereocenters. The molecule has 4 heteroatoms. The van der Waals surface area contributed by atoms with Gasteiger partial charge in [0.25, 0.3) is 0 Å². The Labute approximate surface area is 101 Å². The first-order valence-corrected chi connectivity index (χ1v) is 5.87. The molecule has 1 saturated heterocycles. The molecule has 1 aliphatic heterocycles. The minimum Gasteiger partial charge on any atom is -0.465 e. The lowest BCUT2D eigenvalue weighted by atomic mass is 9.90. The summed E-state index contributed by atoms with van der Waals surface area (Å²) in [7, 11) is 0. The maximum Gasteiger partial charge on any atom is 0.405 e. The van der Waals surface area contributed by atoms with E-state index in [0.29, 0.717) is 6.54 Å². The number of carboxylic acid groups (broad SMARTS) is 1. The second-order valence-corrected chi connectivity index (χ2v) is 4.80. The van der Waals surface area contributed by atoms with Crippen LogP contribution in [0.3, 0.4) is 0 Å². The van der Waals surface area contributed by atoms with Crippen molar-refractivity contribution in [1.29, 1.82) is 0 Å². The van der Waals surface area contributed by atoms with Gasteiger partial charge in [0.1, 0.15) is 0 Å². The van der Waals surface area contributed by atoms with E-state index in [4.69, 9.17) is 5.11 Å². The lowest BCUT2D eigenvalue weighted by molar-refractivity contribution is 0.179. The number of amides is 1. The van der Waals surface area contributed by atoms with E-state index in [9.17, 15) is 4.79 Å². The van der Waals surface area contributed by atoms with E-state index in [1.54, 1.807) is 0 Å². The second kappa shape index (κ2) is 4.75. The molecule has 92 valence electrons. The molecular formula is C13H18N2O2. The molecule has 0 bridgehead atoms. The molecule has 1 atom stereocenters. The van der Waals surface area contributed by atoms with E-state index in [0.717, 1.165) is 19.4 Å². The Balaban J connectivity index is 2.12. The molecule has 0 spiro atoms. The van der Waals surface area contributed by atoms with E-state index in [1.807, 2.05) is 6.92 Å². The normalized spacial score (nSPS) is 23.6. The van der Waals surface area contributed by atoms with Crippen LogP contribution in [0.25, 0.3) is 0 Å². The monoisotopic (exact) mass is 234 g/mol. The molecule has 17 heavy (non-hydrogen) atoms. The highest BCUT2D eigenvalue weighted by molar-refractivity contribution is 5.66. The summed E-state index contributed by atoms with van der Waals surface area (Å²) in [6, 6.07) is 8.26. The van der Waals surface area contributed by atoms with E-state index in [1.165, 1.54) is 11.1 Å². The quantitative estimate of drug-likeness (QED) is 0.743. The molecule has 2 rings (SSSR count). The zero-order valence-electron chi connectivity index (χ0n) is 9.99. The van der Waals surface area contributed by atoms with Crippen LogP contribution in [0.1, 0.15) is 17.5 Å². The third-order valence-electron chi connectivity index (χ3n) is 3.28. The Morgan fingerprint density at radius 1 is 1.47 bits per heavy atom. The predicted molar refractivity (Wildman–Crippen MR) is 66.3 cm³/mol. The van der Waals surface area contributed by atoms with Gasteiger partial charge in [-0.2, -0.15) is 0 Å². The Bertz CT molecular complexity index is 394. The highest BCUT2D eigenvalue weighted by Crippen LogP contribution is 2.21. The third-order valence-corrected chi connectivity index (χ3v) is 3.28. The maximum atomic E-state index is 10.9. The van der Waals surface area contributed by atoms with Gasteiger partial charge < -0.3 is 15.7 Å². The fraction of sp³-hybridized carbons (Fsp3) is 0.462. The molecule has 1 fully saturated rings. The van der Waals surface area contributed by atoms with Gasteiger partial charge in [-0.1, -0.05) is 29.8 Å². The lowest BCUT2D eigenvalue weighted by Gasteiger charge is -2.28. The van der Waals surface area contributed by atoms with Gasteiger partial charge in [0.05, 0.1) is 5.54 Å². The van der Waals surface area contributed by atoms with Crippen LogP contribution >= 0.6 is 0 Å². The first-order valence-electron chi connectivity index (χ1n) is 5.87. The van der Waals surface area contributed by atoms with Crippen molar-refractivity contribution in [2.75, 3.05) is 13.1 Å². The number of rotatable bonds is 3. The Morgan fingerprint density at radius 3 is 2.71 bits per heavy atom. The summed E-state index contributed by atoms with van der Waals surface area (Å²) in [5, 5.41) is 14.8. The van der Waals surface area contributed by atoms with E-state index in [-0.39, 0.29) is 5.54 Å². The fourth-order valence-corrected chi connectivity index (χ4v) is 2.37. The molecule has 0 radical (unpaired) electrons. The summed E-state index contributed by atoms with van der Waals surface area (Å²) < 4.78 is 0. The zero-order valence-corrected chi connectivity index (χ0v) is 9.99. The zero-order chi connectivity index (χ0) is 12.3. The number of aryl methyl sites for hydroxylation is 1. The number of hydrogen-bond acceptors (Lipinski definition) is 2. The van der Waals surface area contributed by atoms with Crippen molar-refractivity contribution in [3.63, 3.8) is 0 Å². The standard InChI is InChI=1S/C13H18N2O2/c1-10-2-4-11(5-3-10)8-13(15-12(16)17)6-7-14-9-13/h2-5,14-15H,6-9H2,1H3,(H,16,17)/t13-/m0/s1. The van der Waals surface area contributed by atoms with Crippen LogP contribution in [0, 0.1) is 6.92 Å². The molecule has 0 saturated carbocycles. The summed E-state index contributed by atoms with van der Waals surface area (Å²) in [4.78, 5) is 10.9. The van der Waals surface area contributed by atoms with Crippen LogP contribution < -0.4 is 10.6 Å². The Morgan fingerprint density at radius 2 is 2.18 bits per heavy atom. The van der Waals surface area contributed by atoms with E-state index in [2.05, 4.69) is 34.9 Å². The van der Waals surface area contributed by atoms with Crippen LogP contribution in [-0.4, -0.2) is 29.8 Å². The average molecular weight is 234 g/mol. The first kappa shape index (κ1) is 11.9. The largest absolute Gasteiger partial charge is 0.465 e. The molecule has 1 aliphatic rings. The van der Waals surface area contributed by atoms with Crippen LogP contribution in [0.4, 0.5) is 4.79 Å². The van der Waals surface area contributed by atoms with Crippen LogP contribution in [-0.2, 0) is 6.42 Å². The Kier molecular flexibility index (Phi) is 3.33. The molecule has 0 aromatic heterocycles. The summed E-state index contributed by atoms with van der Waals surface area (Å²) in [5.41, 5.74) is 2.05. The highest BCUT2D eigenvalue weighted by Gasteiger charge is 2.35. The molecule has 4 nitrogen and oxygen atoms in total. The molecule has 1 amide bonds. The van der Waals surface area contributed by atoms with Crippen molar-refractivity contribution in [3.05, 3.63) is 35.4 Å². The topological polar surface area (TPSA) is 61.4 Å². The number of hydrogen-bond donors (Lipinski definition) is 3. The van der Waals surface area contributed by atoms with Gasteiger partial charge in [-0.25, -0.2) is 4.79 Å². The number of benzene rings is 1. The van der Waals surface area contributed by atoms with E-state index >= 15 is 0 Å². The minimum absolute atomic E-state index is 0.346. The Hall–Kier alpha value is -1.55. The van der Waals surface area contributed by atoms with Crippen LogP contribution in [0.15, 0.2) is 24.3 Å². The van der Waals surface area contributed by atoms with Crippen molar-refractivity contribution in [1.82, 2.24) is 10.6 Å². The summed E-state index contributed by atoms with van der Waals surface area (Å²) in [5.74, 6) is 0. The number of carbonyl (C=O) groups is 1. The molecule has 0 aliphatic carbocycles. The van der Waals surface area contributed by atoms with Gasteiger partial charge in [-0.15, -0.1) is 0 Å². The molecule has 1 heterocycles. The van der Waals surface area contributed by atoms with Gasteiger partial charge in [-0.05, 0) is 31.9 Å². The van der Waals surface area contributed by atoms with Crippen molar-refractivity contribution >= 4 is 6.09 Å². The summed E-state index contributed by atoms with van der Waals surface area (Å²) >= 11 is 0. The highest BCUT2D eigenvalue weighted by atomic mass is 16.4. The lowest BCUT2D eigenvalue weighted by Crippen LogP contribution is -2.51. The fourth-order valence-electron chi connectivity index (χ4n) is 2.37. The molecule has 1 aromatic rings. The molecular weight excluding hydrogens is 216 g/mol. The summed E-state index contributed by atoms with van der Waals surface area (Å²) in [6.07, 6.45) is 0.639. The van der Waals surface area contributed by atoms with Crippen molar-refractivity contribution in [2.45, 2.75) is 25.3 Å². The first-order chi connectivity index (χ1) is 8.10. The van der Waals surface area contributed by atoms with Gasteiger partial charge in [-0.3, -0.25) is 0 Å². The summed E-state index contributed by atoms with van der Waals surface area (Å²) in [6.45, 7) is 3.62. The van der Waals surface area contributed by atoms with Crippen LogP contribution in [0.5, 0.6) is 0 Å². The van der Waals surface area contributed by atoms with Gasteiger partial charge in [0.15, 0.2) is 0 Å². The van der Waals surface area contributed by atoms with Crippen LogP contribution in [0.2, 0.25) is 0 Å². The van der Waals surface area contributed by atoms with Gasteiger partial charge in [0, 0.05) is 6.54 Å². The maximum absolute atomic E-state index is 10.9. The molecule has 3 N–H and O–H groups in total. The predicted octanol–water partition coefficient (Wildman–Crippen LogP) is 1.54. The van der Waals surface area contributed by atoms with Gasteiger partial charge >= 0.3 is 6.09 Å². The minimum atomic E-state index is -0.944. The van der Waals surface area contributed by atoms with Crippen molar-refractivity contribution in [2.24, 2.45) is 0 Å². The third kappa shape index (κ3) is 2.97. The SMILES string of the molecule is Cc1ccc(C[C@@]2(NC(=O)O)CCNC2)cc1. The average Bonchev–Trinajstić information content (AvgIpc) is 2.69.